The molecule has 2 atom stereocenters. The summed E-state index contributed by atoms with van der Waals surface area (Å²) in [5, 5.41) is 14.1. The molecule has 2 amide bonds. The van der Waals surface area contributed by atoms with Crippen molar-refractivity contribution in [1.29, 1.82) is 0 Å². The molecule has 2 aromatic rings. The van der Waals surface area contributed by atoms with Gasteiger partial charge in [-0.1, -0.05) is 44.7 Å². The lowest BCUT2D eigenvalue weighted by molar-refractivity contribution is -0.166. The first-order valence-corrected chi connectivity index (χ1v) is 14.9. The molecule has 2 saturated heterocycles. The molecule has 2 N–H and O–H groups in total. The number of nitrogens with zero attached hydrogens (tertiary/aromatic N) is 2. The lowest BCUT2D eigenvalue weighted by atomic mass is 9.78. The quantitative estimate of drug-likeness (QED) is 0.457. The number of ether oxygens (including phenoxy) is 1. The number of piperidine rings is 1. The van der Waals surface area contributed by atoms with Crippen molar-refractivity contribution in [2.24, 2.45) is 5.92 Å². The van der Waals surface area contributed by atoms with Crippen LogP contribution in [0.3, 0.4) is 0 Å². The lowest BCUT2D eigenvalue weighted by Gasteiger charge is -2.52. The summed E-state index contributed by atoms with van der Waals surface area (Å²) in [5.41, 5.74) is 0.281. The van der Waals surface area contributed by atoms with Gasteiger partial charge in [-0.2, -0.15) is 0 Å². The van der Waals surface area contributed by atoms with E-state index in [0.717, 1.165) is 50.6 Å². The van der Waals surface area contributed by atoms with Gasteiger partial charge in [0.1, 0.15) is 28.9 Å². The molecule has 5 rings (SSSR count). The SMILES string of the molecule is CCCCN1C(=O)[C@@H]([C@H](O)C2CCCCC2)NC(=O)C12CCN(Cc1ccc(Oc3ccc(F)cc3)cc1)CC2. The van der Waals surface area contributed by atoms with Crippen molar-refractivity contribution in [2.75, 3.05) is 19.6 Å². The van der Waals surface area contributed by atoms with Crippen molar-refractivity contribution in [3.63, 3.8) is 0 Å². The van der Waals surface area contributed by atoms with Gasteiger partial charge in [-0.05, 0) is 80.0 Å². The van der Waals surface area contributed by atoms with Gasteiger partial charge in [0, 0.05) is 26.2 Å². The number of hydrogen-bond acceptors (Lipinski definition) is 5. The molecule has 3 aliphatic rings. The van der Waals surface area contributed by atoms with Crippen molar-refractivity contribution in [2.45, 2.75) is 88.9 Å². The first kappa shape index (κ1) is 28.6. The van der Waals surface area contributed by atoms with Crippen molar-refractivity contribution < 1.29 is 23.8 Å². The Balaban J connectivity index is 1.21. The molecule has 3 fully saturated rings. The normalized spacial score (nSPS) is 22.8. The number of rotatable bonds is 9. The molecule has 0 unspecified atom stereocenters. The van der Waals surface area contributed by atoms with Crippen LogP contribution in [0.1, 0.15) is 70.3 Å². The zero-order chi connectivity index (χ0) is 28.1. The van der Waals surface area contributed by atoms with Gasteiger partial charge in [0.05, 0.1) is 6.10 Å². The predicted molar refractivity (Wildman–Crippen MR) is 151 cm³/mol. The maximum atomic E-state index is 13.8. The van der Waals surface area contributed by atoms with E-state index in [4.69, 9.17) is 4.74 Å². The average molecular weight is 552 g/mol. The fraction of sp³-hybridized carbons (Fsp3) is 0.562. The highest BCUT2D eigenvalue weighted by atomic mass is 19.1. The van der Waals surface area contributed by atoms with E-state index in [0.29, 0.717) is 44.0 Å². The van der Waals surface area contributed by atoms with Crippen LogP contribution in [0, 0.1) is 11.7 Å². The van der Waals surface area contributed by atoms with Crippen molar-refractivity contribution >= 4 is 11.8 Å². The standard InChI is InChI=1S/C32H42FN3O4/c1-2-3-19-36-30(38)28(29(37)24-7-5-4-6-8-24)34-31(39)32(36)17-20-35(21-18-32)22-23-9-13-26(14-10-23)40-27-15-11-25(33)12-16-27/h9-16,24,28-29,37H,2-8,17-22H2,1H3,(H,34,39)/t28-,29-/m1/s1. The number of piperazine rings is 1. The van der Waals surface area contributed by atoms with Gasteiger partial charge in [0.15, 0.2) is 0 Å². The van der Waals surface area contributed by atoms with Gasteiger partial charge < -0.3 is 20.1 Å². The van der Waals surface area contributed by atoms with E-state index >= 15 is 0 Å². The van der Waals surface area contributed by atoms with Crippen molar-refractivity contribution in [3.8, 4) is 11.5 Å². The summed E-state index contributed by atoms with van der Waals surface area (Å²) in [7, 11) is 0. The number of hydrogen-bond donors (Lipinski definition) is 2. The Bertz CT molecular complexity index is 1140. The zero-order valence-corrected chi connectivity index (χ0v) is 23.5. The molecule has 1 spiro atoms. The third kappa shape index (κ3) is 6.18. The first-order chi connectivity index (χ1) is 19.4. The van der Waals surface area contributed by atoms with E-state index in [1.54, 1.807) is 12.1 Å². The molecule has 40 heavy (non-hydrogen) atoms. The highest BCUT2D eigenvalue weighted by Crippen LogP contribution is 2.36. The Morgan fingerprint density at radius 1 is 1.00 bits per heavy atom. The molecule has 8 heteroatoms. The first-order valence-electron chi connectivity index (χ1n) is 14.9. The van der Waals surface area contributed by atoms with Crippen LogP contribution in [0.25, 0.3) is 0 Å². The van der Waals surface area contributed by atoms with Crippen molar-refractivity contribution in [1.82, 2.24) is 15.1 Å². The maximum Gasteiger partial charge on any atom is 0.248 e. The lowest BCUT2D eigenvalue weighted by Crippen LogP contribution is -2.75. The number of benzene rings is 2. The number of halogens is 1. The van der Waals surface area contributed by atoms with E-state index in [-0.39, 0.29) is 23.5 Å². The molecule has 2 heterocycles. The van der Waals surface area contributed by atoms with Gasteiger partial charge in [0.2, 0.25) is 11.8 Å². The molecular formula is C32H42FN3O4. The number of carbonyl (C=O) groups excluding carboxylic acids is 2. The monoisotopic (exact) mass is 551 g/mol. The molecule has 2 aliphatic heterocycles. The molecular weight excluding hydrogens is 509 g/mol. The van der Waals surface area contributed by atoms with E-state index in [2.05, 4.69) is 17.1 Å². The minimum absolute atomic E-state index is 0.0689. The smallest absolute Gasteiger partial charge is 0.248 e. The summed E-state index contributed by atoms with van der Waals surface area (Å²) in [5.74, 6) is 0.811. The molecule has 0 aromatic heterocycles. The van der Waals surface area contributed by atoms with Crippen LogP contribution in [0.15, 0.2) is 48.5 Å². The summed E-state index contributed by atoms with van der Waals surface area (Å²) in [6, 6.07) is 12.9. The second-order valence-corrected chi connectivity index (χ2v) is 11.7. The molecule has 0 radical (unpaired) electrons. The number of likely N-dealkylation sites (tertiary alicyclic amines) is 1. The highest BCUT2D eigenvalue weighted by molar-refractivity contribution is 6.00. The number of nitrogens with one attached hydrogen (secondary N) is 1. The molecule has 2 aromatic carbocycles. The van der Waals surface area contributed by atoms with E-state index in [1.165, 1.54) is 18.6 Å². The third-order valence-corrected chi connectivity index (χ3v) is 9.03. The van der Waals surface area contributed by atoms with Crippen LogP contribution in [0.5, 0.6) is 11.5 Å². The van der Waals surface area contributed by atoms with E-state index in [9.17, 15) is 19.1 Å². The molecule has 1 aliphatic carbocycles. The predicted octanol–water partition coefficient (Wildman–Crippen LogP) is 5.02. The van der Waals surface area contributed by atoms with Gasteiger partial charge in [-0.3, -0.25) is 14.5 Å². The van der Waals surface area contributed by atoms with Gasteiger partial charge in [0.25, 0.3) is 0 Å². The minimum atomic E-state index is -0.849. The topological polar surface area (TPSA) is 82.1 Å². The maximum absolute atomic E-state index is 13.8. The largest absolute Gasteiger partial charge is 0.457 e. The number of carbonyl (C=O) groups is 2. The third-order valence-electron chi connectivity index (χ3n) is 9.03. The highest BCUT2D eigenvalue weighted by Gasteiger charge is 2.55. The minimum Gasteiger partial charge on any atom is -0.457 e. The second kappa shape index (κ2) is 12.7. The summed E-state index contributed by atoms with van der Waals surface area (Å²) >= 11 is 0. The van der Waals surface area contributed by atoms with E-state index in [1.807, 2.05) is 29.2 Å². The Kier molecular flexibility index (Phi) is 9.06. The Hall–Kier alpha value is -2.97. The summed E-state index contributed by atoms with van der Waals surface area (Å²) in [6.45, 7) is 4.78. The summed E-state index contributed by atoms with van der Waals surface area (Å²) < 4.78 is 18.9. The summed E-state index contributed by atoms with van der Waals surface area (Å²) in [4.78, 5) is 31.6. The number of amides is 2. The van der Waals surface area contributed by atoms with Crippen LogP contribution >= 0.6 is 0 Å². The van der Waals surface area contributed by atoms with Crippen molar-refractivity contribution in [3.05, 3.63) is 59.9 Å². The Labute approximate surface area is 236 Å². The van der Waals surface area contributed by atoms with Crippen LogP contribution in [0.2, 0.25) is 0 Å². The van der Waals surface area contributed by atoms with Crippen LogP contribution < -0.4 is 10.1 Å². The van der Waals surface area contributed by atoms with Crippen LogP contribution in [0.4, 0.5) is 4.39 Å². The van der Waals surface area contributed by atoms with Crippen LogP contribution in [-0.2, 0) is 16.1 Å². The molecule has 0 bridgehead atoms. The number of aliphatic hydroxyl groups excluding tert-OH is 1. The number of unbranched alkanes of at least 4 members (excludes halogenated alkanes) is 1. The zero-order valence-electron chi connectivity index (χ0n) is 23.5. The number of aliphatic hydroxyl groups is 1. The Morgan fingerprint density at radius 2 is 1.62 bits per heavy atom. The fourth-order valence-electron chi connectivity index (χ4n) is 6.60. The molecule has 1 saturated carbocycles. The van der Waals surface area contributed by atoms with Gasteiger partial charge in [-0.15, -0.1) is 0 Å². The second-order valence-electron chi connectivity index (χ2n) is 11.7. The average Bonchev–Trinajstić information content (AvgIpc) is 2.98. The summed E-state index contributed by atoms with van der Waals surface area (Å²) in [6.07, 6.45) is 7.23. The fourth-order valence-corrected chi connectivity index (χ4v) is 6.60. The van der Waals surface area contributed by atoms with Crippen LogP contribution in [-0.4, -0.2) is 64.0 Å². The molecule has 7 nitrogen and oxygen atoms in total. The van der Waals surface area contributed by atoms with E-state index < -0.39 is 17.7 Å². The van der Waals surface area contributed by atoms with Gasteiger partial charge in [-0.25, -0.2) is 4.39 Å². The van der Waals surface area contributed by atoms with Gasteiger partial charge >= 0.3 is 0 Å². The molecule has 216 valence electrons. The Morgan fingerprint density at radius 3 is 2.25 bits per heavy atom.